The summed E-state index contributed by atoms with van der Waals surface area (Å²) < 4.78 is 11.1. The Morgan fingerprint density at radius 3 is 2.35 bits per heavy atom. The van der Waals surface area contributed by atoms with Crippen LogP contribution in [0.4, 0.5) is 10.5 Å². The van der Waals surface area contributed by atoms with Crippen molar-refractivity contribution in [3.8, 4) is 5.75 Å². The molecule has 0 aliphatic carbocycles. The first kappa shape index (κ1) is 19.3. The van der Waals surface area contributed by atoms with Crippen molar-refractivity contribution < 1.29 is 14.3 Å². The lowest BCUT2D eigenvalue weighted by molar-refractivity contribution is 0.0636. The van der Waals surface area contributed by atoms with Gasteiger partial charge in [0.15, 0.2) is 0 Å². The van der Waals surface area contributed by atoms with Crippen LogP contribution in [0.5, 0.6) is 5.75 Å². The summed E-state index contributed by atoms with van der Waals surface area (Å²) in [6.07, 6.45) is 4.38. The Bertz CT molecular complexity index is 462. The average Bonchev–Trinajstić information content (AvgIpc) is 2.47. The number of hydrogen-bond acceptors (Lipinski definition) is 3. The third-order valence-electron chi connectivity index (χ3n) is 3.53. The molecule has 1 atom stereocenters. The number of ether oxygens (including phenoxy) is 2. The molecule has 1 amide bonds. The predicted octanol–water partition coefficient (Wildman–Crippen LogP) is 5.63. The van der Waals surface area contributed by atoms with Gasteiger partial charge in [-0.05, 0) is 57.4 Å². The summed E-state index contributed by atoms with van der Waals surface area (Å²) in [5.41, 5.74) is 0.200. The molecule has 0 aliphatic rings. The van der Waals surface area contributed by atoms with Gasteiger partial charge in [-0.15, -0.1) is 0 Å². The highest BCUT2D eigenvalue weighted by Gasteiger charge is 2.16. The maximum atomic E-state index is 11.7. The number of carbonyl (C=O) groups is 1. The number of hydrogen-bond donors (Lipinski definition) is 1. The van der Waals surface area contributed by atoms with Gasteiger partial charge in [-0.2, -0.15) is 0 Å². The van der Waals surface area contributed by atoms with Crippen molar-refractivity contribution in [2.45, 2.75) is 65.9 Å². The summed E-state index contributed by atoms with van der Waals surface area (Å²) in [6, 6.07) is 7.40. The minimum atomic E-state index is -0.499. The van der Waals surface area contributed by atoms with Crippen LogP contribution in [0.15, 0.2) is 24.3 Å². The van der Waals surface area contributed by atoms with Crippen LogP contribution in [0, 0.1) is 5.92 Å². The van der Waals surface area contributed by atoms with Gasteiger partial charge in [0.2, 0.25) is 0 Å². The highest BCUT2D eigenvalue weighted by Crippen LogP contribution is 2.19. The predicted molar refractivity (Wildman–Crippen MR) is 95.1 cm³/mol. The largest absolute Gasteiger partial charge is 0.493 e. The molecule has 4 nitrogen and oxygen atoms in total. The van der Waals surface area contributed by atoms with Crippen molar-refractivity contribution in [3.05, 3.63) is 24.3 Å². The fourth-order valence-corrected chi connectivity index (χ4v) is 2.17. The topological polar surface area (TPSA) is 47.6 Å². The van der Waals surface area contributed by atoms with Gasteiger partial charge < -0.3 is 9.47 Å². The molecule has 0 aromatic heterocycles. The van der Waals surface area contributed by atoms with Gasteiger partial charge >= 0.3 is 6.09 Å². The number of nitrogens with one attached hydrogen (secondary N) is 1. The van der Waals surface area contributed by atoms with Gasteiger partial charge in [0, 0.05) is 5.69 Å². The van der Waals surface area contributed by atoms with Crippen molar-refractivity contribution in [2.24, 2.45) is 5.92 Å². The molecule has 1 N–H and O–H groups in total. The Kier molecular flexibility index (Phi) is 7.93. The molecule has 0 saturated heterocycles. The lowest BCUT2D eigenvalue weighted by atomic mass is 10.0. The van der Waals surface area contributed by atoms with E-state index in [0.717, 1.165) is 18.8 Å². The first-order valence-corrected chi connectivity index (χ1v) is 8.57. The first-order valence-electron chi connectivity index (χ1n) is 8.57. The SMILES string of the molecule is CCCCC(CC)COc1ccc(NC(=O)OC(C)(C)C)cc1. The molecule has 0 spiro atoms. The number of rotatable bonds is 8. The lowest BCUT2D eigenvalue weighted by Crippen LogP contribution is -2.27. The number of benzene rings is 1. The number of unbranched alkanes of at least 4 members (excludes halogenated alkanes) is 1. The zero-order chi connectivity index (χ0) is 17.3. The molecule has 23 heavy (non-hydrogen) atoms. The summed E-state index contributed by atoms with van der Waals surface area (Å²) in [7, 11) is 0. The van der Waals surface area contributed by atoms with E-state index in [9.17, 15) is 4.79 Å². The summed E-state index contributed by atoms with van der Waals surface area (Å²) in [5.74, 6) is 1.43. The fraction of sp³-hybridized carbons (Fsp3) is 0.632. The normalized spacial score (nSPS) is 12.6. The van der Waals surface area contributed by atoms with Crippen LogP contribution in [-0.2, 0) is 4.74 Å². The Balaban J connectivity index is 2.45. The van der Waals surface area contributed by atoms with E-state index in [1.165, 1.54) is 19.3 Å². The van der Waals surface area contributed by atoms with E-state index in [-0.39, 0.29) is 0 Å². The van der Waals surface area contributed by atoms with Gasteiger partial charge in [-0.1, -0.05) is 33.1 Å². The summed E-state index contributed by atoms with van der Waals surface area (Å²) in [5, 5.41) is 2.71. The number of amides is 1. The van der Waals surface area contributed by atoms with E-state index >= 15 is 0 Å². The van der Waals surface area contributed by atoms with Crippen molar-refractivity contribution in [1.82, 2.24) is 0 Å². The van der Waals surface area contributed by atoms with Crippen molar-refractivity contribution in [2.75, 3.05) is 11.9 Å². The van der Waals surface area contributed by atoms with Crippen LogP contribution in [-0.4, -0.2) is 18.3 Å². The second-order valence-corrected chi connectivity index (χ2v) is 6.88. The highest BCUT2D eigenvalue weighted by atomic mass is 16.6. The Morgan fingerprint density at radius 1 is 1.17 bits per heavy atom. The lowest BCUT2D eigenvalue weighted by Gasteiger charge is -2.19. The van der Waals surface area contributed by atoms with E-state index in [2.05, 4.69) is 19.2 Å². The van der Waals surface area contributed by atoms with Crippen LogP contribution < -0.4 is 10.1 Å². The molecular weight excluding hydrogens is 290 g/mol. The van der Waals surface area contributed by atoms with Gasteiger partial charge in [0.1, 0.15) is 11.4 Å². The molecule has 1 aromatic rings. The zero-order valence-corrected chi connectivity index (χ0v) is 15.1. The second-order valence-electron chi connectivity index (χ2n) is 6.88. The third-order valence-corrected chi connectivity index (χ3v) is 3.53. The molecule has 1 aromatic carbocycles. The molecule has 0 fully saturated rings. The number of anilines is 1. The molecule has 0 radical (unpaired) electrons. The van der Waals surface area contributed by atoms with Crippen LogP contribution >= 0.6 is 0 Å². The maximum absolute atomic E-state index is 11.7. The standard InChI is InChI=1S/C19H31NO3/c1-6-8-9-15(7-2)14-22-17-12-10-16(11-13-17)20-18(21)23-19(3,4)5/h10-13,15H,6-9,14H2,1-5H3,(H,20,21). The van der Waals surface area contributed by atoms with Gasteiger partial charge in [0.05, 0.1) is 6.61 Å². The smallest absolute Gasteiger partial charge is 0.412 e. The Hall–Kier alpha value is -1.71. The van der Waals surface area contributed by atoms with Gasteiger partial charge in [-0.3, -0.25) is 5.32 Å². The van der Waals surface area contributed by atoms with E-state index < -0.39 is 11.7 Å². The number of carbonyl (C=O) groups excluding carboxylic acids is 1. The molecular formula is C19H31NO3. The van der Waals surface area contributed by atoms with E-state index in [1.54, 1.807) is 0 Å². The van der Waals surface area contributed by atoms with E-state index in [0.29, 0.717) is 11.6 Å². The molecule has 1 unspecified atom stereocenters. The van der Waals surface area contributed by atoms with Crippen LogP contribution in [0.1, 0.15) is 60.3 Å². The van der Waals surface area contributed by atoms with E-state index in [1.807, 2.05) is 45.0 Å². The minimum absolute atomic E-state index is 0.447. The van der Waals surface area contributed by atoms with Crippen molar-refractivity contribution in [1.29, 1.82) is 0 Å². The second kappa shape index (κ2) is 9.43. The first-order chi connectivity index (χ1) is 10.8. The molecule has 1 rings (SSSR count). The monoisotopic (exact) mass is 321 g/mol. The zero-order valence-electron chi connectivity index (χ0n) is 15.1. The van der Waals surface area contributed by atoms with Gasteiger partial charge in [0.25, 0.3) is 0 Å². The maximum Gasteiger partial charge on any atom is 0.412 e. The van der Waals surface area contributed by atoms with Gasteiger partial charge in [-0.25, -0.2) is 4.79 Å². The highest BCUT2D eigenvalue weighted by molar-refractivity contribution is 5.84. The quantitative estimate of drug-likeness (QED) is 0.675. The van der Waals surface area contributed by atoms with E-state index in [4.69, 9.17) is 9.47 Å². The average molecular weight is 321 g/mol. The minimum Gasteiger partial charge on any atom is -0.493 e. The van der Waals surface area contributed by atoms with Crippen LogP contribution in [0.25, 0.3) is 0 Å². The van der Waals surface area contributed by atoms with Crippen LogP contribution in [0.3, 0.4) is 0 Å². The summed E-state index contributed by atoms with van der Waals surface area (Å²) in [4.78, 5) is 11.7. The molecule has 0 bridgehead atoms. The van der Waals surface area contributed by atoms with Crippen LogP contribution in [0.2, 0.25) is 0 Å². The molecule has 4 heteroatoms. The summed E-state index contributed by atoms with van der Waals surface area (Å²) >= 11 is 0. The fourth-order valence-electron chi connectivity index (χ4n) is 2.17. The van der Waals surface area contributed by atoms with Crippen molar-refractivity contribution >= 4 is 11.8 Å². The Morgan fingerprint density at radius 2 is 1.83 bits per heavy atom. The molecule has 0 saturated carbocycles. The molecule has 0 heterocycles. The molecule has 0 aliphatic heterocycles. The van der Waals surface area contributed by atoms with Crippen molar-refractivity contribution in [3.63, 3.8) is 0 Å². The Labute approximate surface area is 140 Å². The molecule has 130 valence electrons. The third kappa shape index (κ3) is 8.48. The summed E-state index contributed by atoms with van der Waals surface area (Å²) in [6.45, 7) is 10.7.